The van der Waals surface area contributed by atoms with E-state index in [2.05, 4.69) is 27.5 Å². The van der Waals surface area contributed by atoms with Crippen LogP contribution in [0.2, 0.25) is 0 Å². The van der Waals surface area contributed by atoms with E-state index < -0.39 is 0 Å². The molecule has 6 nitrogen and oxygen atoms in total. The summed E-state index contributed by atoms with van der Waals surface area (Å²) in [4.78, 5) is 32.5. The molecular weight excluding hydrogens is 352 g/mol. The highest BCUT2D eigenvalue weighted by Gasteiger charge is 2.13. The minimum Gasteiger partial charge on any atom is -0.324 e. The van der Waals surface area contributed by atoms with Crippen LogP contribution in [0.1, 0.15) is 45.8 Å². The Morgan fingerprint density at radius 2 is 1.79 bits per heavy atom. The topological polar surface area (TPSA) is 84.0 Å². The van der Waals surface area contributed by atoms with Gasteiger partial charge in [0.25, 0.3) is 5.91 Å². The molecule has 1 heterocycles. The van der Waals surface area contributed by atoms with Gasteiger partial charge in [-0.3, -0.25) is 9.59 Å². The van der Waals surface area contributed by atoms with Gasteiger partial charge in [0.1, 0.15) is 5.69 Å². The molecule has 0 radical (unpaired) electrons. The fourth-order valence-corrected chi connectivity index (χ4v) is 2.84. The fourth-order valence-electron chi connectivity index (χ4n) is 2.84. The molecule has 0 spiro atoms. The zero-order valence-corrected chi connectivity index (χ0v) is 16.1. The molecule has 2 N–H and O–H groups in total. The van der Waals surface area contributed by atoms with Crippen LogP contribution in [0.5, 0.6) is 0 Å². The van der Waals surface area contributed by atoms with Gasteiger partial charge in [0.15, 0.2) is 5.78 Å². The molecule has 0 saturated heterocycles. The lowest BCUT2D eigenvalue weighted by atomic mass is 10.1. The summed E-state index contributed by atoms with van der Waals surface area (Å²) >= 11 is 0. The summed E-state index contributed by atoms with van der Waals surface area (Å²) in [5, 5.41) is 6.01. The maximum Gasteiger partial charge on any atom is 0.274 e. The molecule has 1 amide bonds. The van der Waals surface area contributed by atoms with E-state index in [4.69, 9.17) is 0 Å². The number of aryl methyl sites for hydroxylation is 2. The van der Waals surface area contributed by atoms with E-state index in [0.29, 0.717) is 11.5 Å². The Labute approximate surface area is 164 Å². The number of nitrogens with zero attached hydrogens (tertiary/aromatic N) is 2. The molecule has 142 valence electrons. The number of aromatic nitrogens is 2. The molecule has 6 heteroatoms. The number of amides is 1. The van der Waals surface area contributed by atoms with Crippen molar-refractivity contribution in [1.29, 1.82) is 0 Å². The second kappa shape index (κ2) is 8.43. The van der Waals surface area contributed by atoms with Crippen molar-refractivity contribution in [3.8, 4) is 0 Å². The molecule has 0 fully saturated rings. The summed E-state index contributed by atoms with van der Waals surface area (Å²) in [5.74, 6) is 0.0224. The number of para-hydroxylation sites is 1. The monoisotopic (exact) mass is 374 g/mol. The molecule has 0 unspecified atom stereocenters. The summed E-state index contributed by atoms with van der Waals surface area (Å²) in [6.45, 7) is 5.53. The summed E-state index contributed by atoms with van der Waals surface area (Å²) in [6.07, 6.45) is 2.36. The molecule has 0 aliphatic carbocycles. The highest BCUT2D eigenvalue weighted by Crippen LogP contribution is 2.22. The molecule has 0 aliphatic rings. The van der Waals surface area contributed by atoms with Crippen LogP contribution in [0, 0.1) is 6.92 Å². The smallest absolute Gasteiger partial charge is 0.274 e. The van der Waals surface area contributed by atoms with Crippen molar-refractivity contribution in [2.75, 3.05) is 10.6 Å². The number of nitrogens with one attached hydrogen (secondary N) is 2. The lowest BCUT2D eigenvalue weighted by Crippen LogP contribution is -2.16. The van der Waals surface area contributed by atoms with Gasteiger partial charge in [-0.25, -0.2) is 9.97 Å². The second-order valence-electron chi connectivity index (χ2n) is 6.44. The Bertz CT molecular complexity index is 1010. The van der Waals surface area contributed by atoms with Crippen LogP contribution < -0.4 is 10.6 Å². The van der Waals surface area contributed by atoms with Gasteiger partial charge in [0, 0.05) is 23.1 Å². The molecular formula is C22H22N4O2. The fraction of sp³-hybridized carbons (Fsp3) is 0.182. The van der Waals surface area contributed by atoms with Crippen molar-refractivity contribution in [2.45, 2.75) is 27.2 Å². The number of carbonyl (C=O) groups is 2. The standard InChI is InChI=1S/C22H22N4O2/c1-4-16-7-5-6-14(2)20(16)26-21(28)19-12-13-23-22(25-19)24-18-10-8-17(9-11-18)15(3)27/h5-13H,4H2,1-3H3,(H,26,28)(H,23,24,25). The van der Waals surface area contributed by atoms with Crippen molar-refractivity contribution in [1.82, 2.24) is 9.97 Å². The molecule has 3 aromatic rings. The number of rotatable bonds is 6. The van der Waals surface area contributed by atoms with E-state index >= 15 is 0 Å². The Balaban J connectivity index is 1.77. The maximum absolute atomic E-state index is 12.7. The van der Waals surface area contributed by atoms with Crippen LogP contribution in [-0.2, 0) is 6.42 Å². The maximum atomic E-state index is 12.7. The van der Waals surface area contributed by atoms with Crippen molar-refractivity contribution in [2.24, 2.45) is 0 Å². The zero-order chi connectivity index (χ0) is 20.1. The SMILES string of the molecule is CCc1cccc(C)c1NC(=O)c1ccnc(Nc2ccc(C(C)=O)cc2)n1. The first-order valence-corrected chi connectivity index (χ1v) is 9.09. The van der Waals surface area contributed by atoms with Crippen LogP contribution in [0.3, 0.4) is 0 Å². The first-order chi connectivity index (χ1) is 13.5. The lowest BCUT2D eigenvalue weighted by Gasteiger charge is -2.13. The average Bonchev–Trinajstić information content (AvgIpc) is 2.70. The van der Waals surface area contributed by atoms with Gasteiger partial charge in [-0.1, -0.05) is 25.1 Å². The van der Waals surface area contributed by atoms with Crippen LogP contribution >= 0.6 is 0 Å². The van der Waals surface area contributed by atoms with E-state index in [-0.39, 0.29) is 17.4 Å². The van der Waals surface area contributed by atoms with Gasteiger partial charge in [-0.15, -0.1) is 0 Å². The number of benzene rings is 2. The minimum absolute atomic E-state index is 0.00382. The summed E-state index contributed by atoms with van der Waals surface area (Å²) in [5.41, 5.74) is 4.53. The normalized spacial score (nSPS) is 10.4. The van der Waals surface area contributed by atoms with E-state index in [0.717, 1.165) is 28.9 Å². The average molecular weight is 374 g/mol. The van der Waals surface area contributed by atoms with Crippen molar-refractivity contribution >= 4 is 29.0 Å². The Morgan fingerprint density at radius 3 is 2.46 bits per heavy atom. The second-order valence-corrected chi connectivity index (χ2v) is 6.44. The molecule has 0 aliphatic heterocycles. The molecule has 0 bridgehead atoms. The van der Waals surface area contributed by atoms with E-state index in [1.54, 1.807) is 30.3 Å². The first-order valence-electron chi connectivity index (χ1n) is 9.09. The van der Waals surface area contributed by atoms with Crippen molar-refractivity contribution < 1.29 is 9.59 Å². The van der Waals surface area contributed by atoms with Gasteiger partial charge in [-0.05, 0) is 61.7 Å². The number of carbonyl (C=O) groups excluding carboxylic acids is 2. The van der Waals surface area contributed by atoms with Gasteiger partial charge in [-0.2, -0.15) is 0 Å². The highest BCUT2D eigenvalue weighted by molar-refractivity contribution is 6.03. The van der Waals surface area contributed by atoms with Gasteiger partial charge in [0.2, 0.25) is 5.95 Å². The van der Waals surface area contributed by atoms with Crippen LogP contribution in [0.4, 0.5) is 17.3 Å². The molecule has 0 saturated carbocycles. The predicted molar refractivity (Wildman–Crippen MR) is 110 cm³/mol. The van der Waals surface area contributed by atoms with Crippen LogP contribution in [-0.4, -0.2) is 21.7 Å². The van der Waals surface area contributed by atoms with Crippen molar-refractivity contribution in [3.63, 3.8) is 0 Å². The summed E-state index contributed by atoms with van der Waals surface area (Å²) in [7, 11) is 0. The Hall–Kier alpha value is -3.54. The largest absolute Gasteiger partial charge is 0.324 e. The summed E-state index contributed by atoms with van der Waals surface area (Å²) in [6, 6.07) is 14.5. The Kier molecular flexibility index (Phi) is 5.79. The van der Waals surface area contributed by atoms with Crippen LogP contribution in [0.25, 0.3) is 0 Å². The first kappa shape index (κ1) is 19.2. The lowest BCUT2D eigenvalue weighted by molar-refractivity contribution is 0.101. The van der Waals surface area contributed by atoms with Crippen molar-refractivity contribution in [3.05, 3.63) is 77.1 Å². The van der Waals surface area contributed by atoms with E-state index in [9.17, 15) is 9.59 Å². The number of ketones is 1. The highest BCUT2D eigenvalue weighted by atomic mass is 16.2. The molecule has 28 heavy (non-hydrogen) atoms. The third kappa shape index (κ3) is 4.40. The quantitative estimate of drug-likeness (QED) is 0.619. The molecule has 0 atom stereocenters. The predicted octanol–water partition coefficient (Wildman–Crippen LogP) is 4.55. The molecule has 2 aromatic carbocycles. The Morgan fingerprint density at radius 1 is 1.04 bits per heavy atom. The number of hydrogen-bond acceptors (Lipinski definition) is 5. The third-order valence-electron chi connectivity index (χ3n) is 4.41. The van der Waals surface area contributed by atoms with Gasteiger partial charge in [0.05, 0.1) is 0 Å². The van der Waals surface area contributed by atoms with E-state index in [1.807, 2.05) is 25.1 Å². The van der Waals surface area contributed by atoms with Gasteiger partial charge >= 0.3 is 0 Å². The zero-order valence-electron chi connectivity index (χ0n) is 16.1. The van der Waals surface area contributed by atoms with Crippen LogP contribution in [0.15, 0.2) is 54.7 Å². The summed E-state index contributed by atoms with van der Waals surface area (Å²) < 4.78 is 0. The molecule has 1 aromatic heterocycles. The third-order valence-corrected chi connectivity index (χ3v) is 4.41. The number of hydrogen-bond donors (Lipinski definition) is 2. The minimum atomic E-state index is -0.290. The van der Waals surface area contributed by atoms with Gasteiger partial charge < -0.3 is 10.6 Å². The molecule has 3 rings (SSSR count). The number of Topliss-reactive ketones (excluding diaryl/α,β-unsaturated/α-hetero) is 1. The van der Waals surface area contributed by atoms with E-state index in [1.165, 1.54) is 13.1 Å². The number of anilines is 3.